The molecule has 3 rings (SSSR count). The van der Waals surface area contributed by atoms with Crippen molar-refractivity contribution < 1.29 is 14.2 Å². The molecule has 0 aliphatic heterocycles. The second-order valence-corrected chi connectivity index (χ2v) is 7.05. The lowest BCUT2D eigenvalue weighted by molar-refractivity contribution is 0.284. The number of hydrogen-bond acceptors (Lipinski definition) is 4. The molecule has 0 aliphatic carbocycles. The van der Waals surface area contributed by atoms with Gasteiger partial charge in [0.2, 0.25) is 0 Å². The van der Waals surface area contributed by atoms with E-state index in [0.29, 0.717) is 23.1 Å². The summed E-state index contributed by atoms with van der Waals surface area (Å²) in [6.45, 7) is 2.05. The summed E-state index contributed by atoms with van der Waals surface area (Å²) in [4.78, 5) is 0. The van der Waals surface area contributed by atoms with Crippen molar-refractivity contribution in [2.75, 3.05) is 20.8 Å². The smallest absolute Gasteiger partial charge is 0.161 e. The normalized spacial score (nSPS) is 10.6. The van der Waals surface area contributed by atoms with Gasteiger partial charge in [0.1, 0.15) is 12.4 Å². The van der Waals surface area contributed by atoms with Crippen molar-refractivity contribution in [1.82, 2.24) is 5.32 Å². The van der Waals surface area contributed by atoms with Gasteiger partial charge >= 0.3 is 0 Å². The molecule has 29 heavy (non-hydrogen) atoms. The van der Waals surface area contributed by atoms with Crippen molar-refractivity contribution in [2.45, 2.75) is 19.6 Å². The van der Waals surface area contributed by atoms with Crippen LogP contribution in [0.5, 0.6) is 17.2 Å². The summed E-state index contributed by atoms with van der Waals surface area (Å²) < 4.78 is 16.6. The zero-order valence-corrected chi connectivity index (χ0v) is 17.5. The number of ether oxygens (including phenoxy) is 3. The molecule has 0 radical (unpaired) electrons. The van der Waals surface area contributed by atoms with Gasteiger partial charge in [-0.3, -0.25) is 0 Å². The fourth-order valence-corrected chi connectivity index (χ4v) is 3.16. The predicted octanol–water partition coefficient (Wildman–Crippen LogP) is 5.27. The molecule has 0 aliphatic rings. The highest BCUT2D eigenvalue weighted by molar-refractivity contribution is 6.31. The highest BCUT2D eigenvalue weighted by Gasteiger charge is 2.08. The summed E-state index contributed by atoms with van der Waals surface area (Å²) >= 11 is 6.19. The number of hydrogen-bond donors (Lipinski definition) is 1. The zero-order valence-electron chi connectivity index (χ0n) is 16.8. The first kappa shape index (κ1) is 21.0. The van der Waals surface area contributed by atoms with Gasteiger partial charge in [0, 0.05) is 17.1 Å². The Labute approximate surface area is 177 Å². The quantitative estimate of drug-likeness (QED) is 0.461. The molecule has 1 N–H and O–H groups in total. The third-order valence-electron chi connectivity index (χ3n) is 4.65. The number of nitrogens with one attached hydrogen (secondary N) is 1. The highest BCUT2D eigenvalue weighted by Crippen LogP contribution is 2.29. The summed E-state index contributed by atoms with van der Waals surface area (Å²) in [5, 5.41) is 4.17. The monoisotopic (exact) mass is 411 g/mol. The van der Waals surface area contributed by atoms with Crippen LogP contribution in [0.1, 0.15) is 16.7 Å². The van der Waals surface area contributed by atoms with Crippen LogP contribution in [0.2, 0.25) is 5.02 Å². The standard InChI is InChI=1S/C24H26ClNO3/c1-27-21-10-7-18(8-11-21)13-14-26-16-19-9-12-23(24(15-19)28-2)29-17-20-5-3-4-6-22(20)25/h3-12,15,26H,13-14,16-17H2,1-2H3. The number of rotatable bonds is 10. The van der Waals surface area contributed by atoms with Gasteiger partial charge in [0.15, 0.2) is 11.5 Å². The molecule has 152 valence electrons. The van der Waals surface area contributed by atoms with Crippen molar-refractivity contribution in [2.24, 2.45) is 0 Å². The molecule has 4 nitrogen and oxygen atoms in total. The summed E-state index contributed by atoms with van der Waals surface area (Å²) in [7, 11) is 3.33. The second kappa shape index (κ2) is 10.7. The SMILES string of the molecule is COc1ccc(CCNCc2ccc(OCc3ccccc3Cl)c(OC)c2)cc1. The van der Waals surface area contributed by atoms with Gasteiger partial charge in [-0.2, -0.15) is 0 Å². The van der Waals surface area contributed by atoms with E-state index < -0.39 is 0 Å². The summed E-state index contributed by atoms with van der Waals surface area (Å²) in [6, 6.07) is 21.8. The maximum Gasteiger partial charge on any atom is 0.161 e. The Morgan fingerprint density at radius 1 is 0.828 bits per heavy atom. The lowest BCUT2D eigenvalue weighted by atomic mass is 10.1. The molecule has 0 spiro atoms. The molecular weight excluding hydrogens is 386 g/mol. The largest absolute Gasteiger partial charge is 0.497 e. The van der Waals surface area contributed by atoms with Crippen LogP contribution < -0.4 is 19.5 Å². The van der Waals surface area contributed by atoms with Crippen LogP contribution >= 0.6 is 11.6 Å². The zero-order chi connectivity index (χ0) is 20.5. The van der Waals surface area contributed by atoms with Gasteiger partial charge in [-0.1, -0.05) is 48.0 Å². The lowest BCUT2D eigenvalue weighted by Crippen LogP contribution is -2.16. The second-order valence-electron chi connectivity index (χ2n) is 6.64. The fourth-order valence-electron chi connectivity index (χ4n) is 2.97. The van der Waals surface area contributed by atoms with Gasteiger partial charge in [0.25, 0.3) is 0 Å². The molecule has 3 aromatic rings. The first-order valence-electron chi connectivity index (χ1n) is 9.56. The molecule has 0 atom stereocenters. The molecule has 3 aromatic carbocycles. The minimum atomic E-state index is 0.398. The minimum absolute atomic E-state index is 0.398. The van der Waals surface area contributed by atoms with Crippen molar-refractivity contribution in [3.8, 4) is 17.2 Å². The molecule has 0 saturated heterocycles. The van der Waals surface area contributed by atoms with E-state index >= 15 is 0 Å². The van der Waals surface area contributed by atoms with Crippen LogP contribution in [-0.2, 0) is 19.6 Å². The Bertz CT molecular complexity index is 912. The van der Waals surface area contributed by atoms with Gasteiger partial charge < -0.3 is 19.5 Å². The summed E-state index contributed by atoms with van der Waals surface area (Å²) in [5.74, 6) is 2.30. The van der Waals surface area contributed by atoms with Crippen LogP contribution in [0.15, 0.2) is 66.7 Å². The topological polar surface area (TPSA) is 39.7 Å². The van der Waals surface area contributed by atoms with Crippen molar-refractivity contribution in [3.05, 3.63) is 88.4 Å². The van der Waals surface area contributed by atoms with E-state index in [1.807, 2.05) is 54.6 Å². The number of halogens is 1. The Hall–Kier alpha value is -2.69. The van der Waals surface area contributed by atoms with Crippen LogP contribution in [0.4, 0.5) is 0 Å². The maximum atomic E-state index is 6.19. The highest BCUT2D eigenvalue weighted by atomic mass is 35.5. The van der Waals surface area contributed by atoms with Crippen molar-refractivity contribution in [1.29, 1.82) is 0 Å². The van der Waals surface area contributed by atoms with Crippen molar-refractivity contribution >= 4 is 11.6 Å². The van der Waals surface area contributed by atoms with E-state index in [1.165, 1.54) is 5.56 Å². The Morgan fingerprint density at radius 3 is 2.31 bits per heavy atom. The van der Waals surface area contributed by atoms with Gasteiger partial charge in [0.05, 0.1) is 14.2 Å². The number of benzene rings is 3. The van der Waals surface area contributed by atoms with Crippen LogP contribution in [0.25, 0.3) is 0 Å². The maximum absolute atomic E-state index is 6.19. The number of methoxy groups -OCH3 is 2. The van der Waals surface area contributed by atoms with E-state index in [-0.39, 0.29) is 0 Å². The molecule has 0 amide bonds. The molecule has 0 unspecified atom stereocenters. The van der Waals surface area contributed by atoms with E-state index in [9.17, 15) is 0 Å². The van der Waals surface area contributed by atoms with E-state index in [4.69, 9.17) is 25.8 Å². The molecule has 0 heterocycles. The van der Waals surface area contributed by atoms with E-state index in [0.717, 1.165) is 36.4 Å². The van der Waals surface area contributed by atoms with Gasteiger partial charge in [-0.25, -0.2) is 0 Å². The fraction of sp³-hybridized carbons (Fsp3) is 0.250. The summed E-state index contributed by atoms with van der Waals surface area (Å²) in [5.41, 5.74) is 3.36. The van der Waals surface area contributed by atoms with Gasteiger partial charge in [-0.15, -0.1) is 0 Å². The van der Waals surface area contributed by atoms with E-state index in [1.54, 1.807) is 14.2 Å². The average molecular weight is 412 g/mol. The van der Waals surface area contributed by atoms with E-state index in [2.05, 4.69) is 17.4 Å². The predicted molar refractivity (Wildman–Crippen MR) is 117 cm³/mol. The average Bonchev–Trinajstić information content (AvgIpc) is 2.77. The van der Waals surface area contributed by atoms with Crippen LogP contribution in [0, 0.1) is 0 Å². The Kier molecular flexibility index (Phi) is 7.79. The third-order valence-corrected chi connectivity index (χ3v) is 5.02. The Balaban J connectivity index is 1.50. The molecule has 0 saturated carbocycles. The minimum Gasteiger partial charge on any atom is -0.497 e. The third kappa shape index (κ3) is 6.14. The van der Waals surface area contributed by atoms with Gasteiger partial charge in [-0.05, 0) is 54.4 Å². The van der Waals surface area contributed by atoms with Crippen LogP contribution in [-0.4, -0.2) is 20.8 Å². The molecule has 0 bridgehead atoms. The molecular formula is C24H26ClNO3. The summed E-state index contributed by atoms with van der Waals surface area (Å²) in [6.07, 6.45) is 0.958. The molecule has 0 aromatic heterocycles. The Morgan fingerprint density at radius 2 is 1.59 bits per heavy atom. The molecule has 5 heteroatoms. The first-order valence-corrected chi connectivity index (χ1v) is 9.94. The van der Waals surface area contributed by atoms with Crippen molar-refractivity contribution in [3.63, 3.8) is 0 Å². The molecule has 0 fully saturated rings. The van der Waals surface area contributed by atoms with Crippen LogP contribution in [0.3, 0.4) is 0 Å². The lowest BCUT2D eigenvalue weighted by Gasteiger charge is -2.13. The first-order chi connectivity index (χ1) is 14.2.